The topological polar surface area (TPSA) is 55.1 Å². The monoisotopic (exact) mass is 234 g/mol. The number of carbonyl (C=O) groups is 1. The number of amides is 1. The number of nitrogens with one attached hydrogen (secondary N) is 1. The van der Waals surface area contributed by atoms with Gasteiger partial charge < -0.3 is 11.1 Å². The summed E-state index contributed by atoms with van der Waals surface area (Å²) in [7, 11) is 0. The van der Waals surface area contributed by atoms with Crippen molar-refractivity contribution in [3.63, 3.8) is 0 Å². The standard InChI is InChI=1S/C14H22N2O/c1-10-5-6-11(2)12(9-10)13(17)16-14(3,4)7-8-15/h5-6,9H,7-8,15H2,1-4H3,(H,16,17). The van der Waals surface area contributed by atoms with Gasteiger partial charge in [0.15, 0.2) is 0 Å². The van der Waals surface area contributed by atoms with Crippen LogP contribution in [0.25, 0.3) is 0 Å². The Bertz CT molecular complexity index is 411. The van der Waals surface area contributed by atoms with Crippen LogP contribution < -0.4 is 11.1 Å². The highest BCUT2D eigenvalue weighted by molar-refractivity contribution is 5.96. The second-order valence-electron chi connectivity index (χ2n) is 5.20. The average Bonchev–Trinajstić information content (AvgIpc) is 2.20. The lowest BCUT2D eigenvalue weighted by atomic mass is 9.98. The van der Waals surface area contributed by atoms with Gasteiger partial charge in [-0.05, 0) is 52.3 Å². The van der Waals surface area contributed by atoms with Crippen LogP contribution in [-0.2, 0) is 0 Å². The molecule has 1 aromatic rings. The van der Waals surface area contributed by atoms with Crippen molar-refractivity contribution in [3.8, 4) is 0 Å². The molecule has 0 aliphatic heterocycles. The number of carbonyl (C=O) groups excluding carboxylic acids is 1. The fraction of sp³-hybridized carbons (Fsp3) is 0.500. The Kier molecular flexibility index (Phi) is 4.29. The minimum atomic E-state index is -0.262. The molecule has 3 nitrogen and oxygen atoms in total. The molecule has 0 saturated carbocycles. The number of rotatable bonds is 4. The van der Waals surface area contributed by atoms with E-state index in [4.69, 9.17) is 5.73 Å². The van der Waals surface area contributed by atoms with Crippen LogP contribution in [0.15, 0.2) is 18.2 Å². The normalized spacial score (nSPS) is 11.4. The lowest BCUT2D eigenvalue weighted by Crippen LogP contribution is -2.44. The van der Waals surface area contributed by atoms with Gasteiger partial charge in [-0.3, -0.25) is 4.79 Å². The smallest absolute Gasteiger partial charge is 0.251 e. The maximum absolute atomic E-state index is 12.2. The lowest BCUT2D eigenvalue weighted by Gasteiger charge is -2.26. The van der Waals surface area contributed by atoms with Gasteiger partial charge in [0.1, 0.15) is 0 Å². The summed E-state index contributed by atoms with van der Waals surface area (Å²) in [6.45, 7) is 8.48. The zero-order valence-electron chi connectivity index (χ0n) is 11.1. The third kappa shape index (κ3) is 3.86. The molecule has 17 heavy (non-hydrogen) atoms. The van der Waals surface area contributed by atoms with E-state index in [1.54, 1.807) is 0 Å². The minimum Gasteiger partial charge on any atom is -0.347 e. The van der Waals surface area contributed by atoms with Crippen molar-refractivity contribution in [2.24, 2.45) is 5.73 Å². The fourth-order valence-corrected chi connectivity index (χ4v) is 1.78. The molecule has 0 bridgehead atoms. The molecule has 94 valence electrons. The van der Waals surface area contributed by atoms with Crippen molar-refractivity contribution >= 4 is 5.91 Å². The summed E-state index contributed by atoms with van der Waals surface area (Å²) in [5.74, 6) is -0.0235. The highest BCUT2D eigenvalue weighted by Crippen LogP contribution is 2.13. The first kappa shape index (κ1) is 13.7. The number of nitrogens with two attached hydrogens (primary N) is 1. The van der Waals surface area contributed by atoms with Crippen LogP contribution in [0.1, 0.15) is 41.8 Å². The minimum absolute atomic E-state index is 0.0235. The van der Waals surface area contributed by atoms with E-state index in [0.29, 0.717) is 6.54 Å². The van der Waals surface area contributed by atoms with Gasteiger partial charge in [0.2, 0.25) is 0 Å². The van der Waals surface area contributed by atoms with E-state index in [1.165, 1.54) is 0 Å². The summed E-state index contributed by atoms with van der Waals surface area (Å²) in [5, 5.41) is 3.02. The molecule has 0 radical (unpaired) electrons. The largest absolute Gasteiger partial charge is 0.347 e. The number of hydrogen-bond acceptors (Lipinski definition) is 2. The van der Waals surface area contributed by atoms with Crippen molar-refractivity contribution in [2.75, 3.05) is 6.54 Å². The van der Waals surface area contributed by atoms with Gasteiger partial charge in [0.05, 0.1) is 0 Å². The zero-order chi connectivity index (χ0) is 13.1. The molecule has 0 aliphatic rings. The molecule has 0 fully saturated rings. The van der Waals surface area contributed by atoms with Crippen molar-refractivity contribution in [2.45, 2.75) is 39.7 Å². The molecule has 0 heterocycles. The molecule has 0 atom stereocenters. The van der Waals surface area contributed by atoms with E-state index >= 15 is 0 Å². The SMILES string of the molecule is Cc1ccc(C)c(C(=O)NC(C)(C)CCN)c1. The molecule has 1 aromatic carbocycles. The van der Waals surface area contributed by atoms with Crippen LogP contribution in [0, 0.1) is 13.8 Å². The summed E-state index contributed by atoms with van der Waals surface area (Å²) >= 11 is 0. The molecule has 1 amide bonds. The summed E-state index contributed by atoms with van der Waals surface area (Å²) in [4.78, 5) is 12.2. The Balaban J connectivity index is 2.86. The van der Waals surface area contributed by atoms with Crippen molar-refractivity contribution in [3.05, 3.63) is 34.9 Å². The Morgan fingerprint density at radius 3 is 2.59 bits per heavy atom. The summed E-state index contributed by atoms with van der Waals surface area (Å²) in [6, 6.07) is 5.90. The molecule has 0 saturated heterocycles. The summed E-state index contributed by atoms with van der Waals surface area (Å²) < 4.78 is 0. The molecule has 0 aromatic heterocycles. The summed E-state index contributed by atoms with van der Waals surface area (Å²) in [5.41, 5.74) is 8.11. The predicted molar refractivity (Wildman–Crippen MR) is 71.1 cm³/mol. The van der Waals surface area contributed by atoms with E-state index in [-0.39, 0.29) is 11.4 Å². The maximum Gasteiger partial charge on any atom is 0.251 e. The van der Waals surface area contributed by atoms with E-state index in [0.717, 1.165) is 23.1 Å². The van der Waals surface area contributed by atoms with Gasteiger partial charge in [-0.15, -0.1) is 0 Å². The van der Waals surface area contributed by atoms with Crippen LogP contribution in [0.4, 0.5) is 0 Å². The van der Waals surface area contributed by atoms with E-state index in [1.807, 2.05) is 45.9 Å². The fourth-order valence-electron chi connectivity index (χ4n) is 1.78. The molecule has 0 aliphatic carbocycles. The maximum atomic E-state index is 12.2. The van der Waals surface area contributed by atoms with Crippen LogP contribution in [0.2, 0.25) is 0 Å². The van der Waals surface area contributed by atoms with Crippen molar-refractivity contribution in [1.82, 2.24) is 5.32 Å². The molecular formula is C14H22N2O. The first-order chi connectivity index (χ1) is 7.85. The van der Waals surface area contributed by atoms with Crippen LogP contribution in [0.5, 0.6) is 0 Å². The number of hydrogen-bond donors (Lipinski definition) is 2. The van der Waals surface area contributed by atoms with Gasteiger partial charge in [-0.1, -0.05) is 17.7 Å². The number of benzene rings is 1. The molecule has 3 N–H and O–H groups in total. The van der Waals surface area contributed by atoms with Gasteiger partial charge in [0.25, 0.3) is 5.91 Å². The predicted octanol–water partition coefficient (Wildman–Crippen LogP) is 2.16. The Hall–Kier alpha value is -1.35. The third-order valence-corrected chi connectivity index (χ3v) is 2.86. The third-order valence-electron chi connectivity index (χ3n) is 2.86. The molecular weight excluding hydrogens is 212 g/mol. The molecule has 1 rings (SSSR count). The van der Waals surface area contributed by atoms with E-state index < -0.39 is 0 Å². The van der Waals surface area contributed by atoms with Crippen molar-refractivity contribution < 1.29 is 4.79 Å². The lowest BCUT2D eigenvalue weighted by molar-refractivity contribution is 0.0909. The van der Waals surface area contributed by atoms with Gasteiger partial charge in [-0.25, -0.2) is 0 Å². The van der Waals surface area contributed by atoms with Crippen LogP contribution >= 0.6 is 0 Å². The quantitative estimate of drug-likeness (QED) is 0.838. The molecule has 0 spiro atoms. The first-order valence-corrected chi connectivity index (χ1v) is 5.95. The second-order valence-corrected chi connectivity index (χ2v) is 5.20. The van der Waals surface area contributed by atoms with Crippen LogP contribution in [-0.4, -0.2) is 18.0 Å². The molecule has 0 unspecified atom stereocenters. The summed E-state index contributed by atoms with van der Waals surface area (Å²) in [6.07, 6.45) is 0.767. The van der Waals surface area contributed by atoms with Gasteiger partial charge >= 0.3 is 0 Å². The number of aryl methyl sites for hydroxylation is 2. The van der Waals surface area contributed by atoms with Gasteiger partial charge in [0, 0.05) is 11.1 Å². The van der Waals surface area contributed by atoms with Crippen molar-refractivity contribution in [1.29, 1.82) is 0 Å². The zero-order valence-corrected chi connectivity index (χ0v) is 11.1. The second kappa shape index (κ2) is 5.32. The average molecular weight is 234 g/mol. The molecule has 3 heteroatoms. The van der Waals surface area contributed by atoms with E-state index in [2.05, 4.69) is 5.32 Å². The Labute approximate surface area is 103 Å². The van der Waals surface area contributed by atoms with Crippen LogP contribution in [0.3, 0.4) is 0 Å². The highest BCUT2D eigenvalue weighted by atomic mass is 16.1. The Morgan fingerprint density at radius 1 is 1.35 bits per heavy atom. The van der Waals surface area contributed by atoms with Gasteiger partial charge in [-0.2, -0.15) is 0 Å². The van der Waals surface area contributed by atoms with E-state index in [9.17, 15) is 4.79 Å². The highest BCUT2D eigenvalue weighted by Gasteiger charge is 2.21. The first-order valence-electron chi connectivity index (χ1n) is 5.95. The Morgan fingerprint density at radius 2 is 2.00 bits per heavy atom.